The van der Waals surface area contributed by atoms with Crippen molar-refractivity contribution < 1.29 is 4.74 Å². The maximum absolute atomic E-state index is 5.80. The molecule has 1 aliphatic rings. The normalized spacial score (nSPS) is 23.5. The van der Waals surface area contributed by atoms with Gasteiger partial charge in [0.05, 0.1) is 6.61 Å². The lowest BCUT2D eigenvalue weighted by Gasteiger charge is -2.37. The Balaban J connectivity index is 2.23. The number of ether oxygens (including phenoxy) is 1. The Morgan fingerprint density at radius 1 is 1.42 bits per heavy atom. The number of rotatable bonds is 4. The summed E-state index contributed by atoms with van der Waals surface area (Å²) in [4.78, 5) is 11.3. The van der Waals surface area contributed by atoms with Crippen LogP contribution in [-0.2, 0) is 0 Å². The van der Waals surface area contributed by atoms with Crippen molar-refractivity contribution in [3.8, 4) is 5.88 Å². The summed E-state index contributed by atoms with van der Waals surface area (Å²) in [5.41, 5.74) is 6.74. The molecule has 2 heterocycles. The molecule has 0 aliphatic carbocycles. The second-order valence-electron chi connectivity index (χ2n) is 5.26. The summed E-state index contributed by atoms with van der Waals surface area (Å²) in [5, 5.41) is 0. The van der Waals surface area contributed by atoms with Crippen molar-refractivity contribution in [3.05, 3.63) is 11.8 Å². The zero-order valence-corrected chi connectivity index (χ0v) is 12.1. The number of aryl methyl sites for hydroxylation is 1. The number of anilines is 1. The molecule has 0 radical (unpaired) electrons. The topological polar surface area (TPSA) is 64.3 Å². The number of piperidine rings is 1. The van der Waals surface area contributed by atoms with E-state index in [4.69, 9.17) is 10.5 Å². The molecule has 0 amide bonds. The smallest absolute Gasteiger partial charge is 0.229 e. The Morgan fingerprint density at radius 2 is 2.21 bits per heavy atom. The average molecular weight is 264 g/mol. The lowest BCUT2D eigenvalue weighted by atomic mass is 9.94. The van der Waals surface area contributed by atoms with Crippen LogP contribution in [0.3, 0.4) is 0 Å². The Morgan fingerprint density at radius 3 is 2.89 bits per heavy atom. The summed E-state index contributed by atoms with van der Waals surface area (Å²) >= 11 is 0. The van der Waals surface area contributed by atoms with Crippen LogP contribution in [0.4, 0.5) is 5.95 Å². The molecule has 0 bridgehead atoms. The van der Waals surface area contributed by atoms with Crippen LogP contribution in [0.5, 0.6) is 5.88 Å². The molecule has 19 heavy (non-hydrogen) atoms. The Kier molecular flexibility index (Phi) is 4.58. The van der Waals surface area contributed by atoms with E-state index in [0.29, 0.717) is 24.4 Å². The third kappa shape index (κ3) is 3.35. The standard InChI is InChI=1S/C14H24N4O/c1-4-19-13-7-10(2)16-14(17-13)18-9-12(8-15)6-5-11(18)3/h7,11-12H,4-6,8-9,15H2,1-3H3. The Bertz CT molecular complexity index is 424. The summed E-state index contributed by atoms with van der Waals surface area (Å²) in [5.74, 6) is 1.97. The summed E-state index contributed by atoms with van der Waals surface area (Å²) < 4.78 is 5.50. The molecule has 2 N–H and O–H groups in total. The largest absolute Gasteiger partial charge is 0.478 e. The van der Waals surface area contributed by atoms with E-state index < -0.39 is 0 Å². The maximum atomic E-state index is 5.80. The van der Waals surface area contributed by atoms with Crippen molar-refractivity contribution in [2.75, 3.05) is 24.6 Å². The van der Waals surface area contributed by atoms with E-state index in [-0.39, 0.29) is 0 Å². The first-order valence-corrected chi connectivity index (χ1v) is 7.09. The zero-order chi connectivity index (χ0) is 13.8. The quantitative estimate of drug-likeness (QED) is 0.897. The monoisotopic (exact) mass is 264 g/mol. The van der Waals surface area contributed by atoms with Gasteiger partial charge in [-0.3, -0.25) is 0 Å². The number of nitrogens with two attached hydrogens (primary N) is 1. The van der Waals surface area contributed by atoms with E-state index in [0.717, 1.165) is 31.2 Å². The molecule has 1 saturated heterocycles. The van der Waals surface area contributed by atoms with E-state index in [1.807, 2.05) is 19.9 Å². The van der Waals surface area contributed by atoms with Gasteiger partial charge in [0.2, 0.25) is 11.8 Å². The number of hydrogen-bond donors (Lipinski definition) is 1. The summed E-state index contributed by atoms with van der Waals surface area (Å²) in [6, 6.07) is 2.33. The maximum Gasteiger partial charge on any atom is 0.229 e. The van der Waals surface area contributed by atoms with E-state index in [1.54, 1.807) is 0 Å². The highest BCUT2D eigenvalue weighted by Gasteiger charge is 2.26. The van der Waals surface area contributed by atoms with Crippen LogP contribution < -0.4 is 15.4 Å². The lowest BCUT2D eigenvalue weighted by Crippen LogP contribution is -2.44. The molecule has 2 rings (SSSR count). The third-order valence-corrected chi connectivity index (χ3v) is 3.68. The minimum Gasteiger partial charge on any atom is -0.478 e. The molecule has 0 saturated carbocycles. The molecular formula is C14H24N4O. The first-order valence-electron chi connectivity index (χ1n) is 7.09. The second-order valence-corrected chi connectivity index (χ2v) is 5.26. The summed E-state index contributed by atoms with van der Waals surface area (Å²) in [6.07, 6.45) is 2.33. The van der Waals surface area contributed by atoms with Gasteiger partial charge in [-0.05, 0) is 46.1 Å². The van der Waals surface area contributed by atoms with Gasteiger partial charge < -0.3 is 15.4 Å². The van der Waals surface area contributed by atoms with E-state index in [2.05, 4.69) is 21.8 Å². The van der Waals surface area contributed by atoms with Crippen molar-refractivity contribution in [2.24, 2.45) is 11.7 Å². The SMILES string of the molecule is CCOc1cc(C)nc(N2CC(CN)CCC2C)n1. The molecule has 106 valence electrons. The molecule has 5 heteroatoms. The summed E-state index contributed by atoms with van der Waals surface area (Å²) in [6.45, 7) is 8.45. The molecular weight excluding hydrogens is 240 g/mol. The number of nitrogens with zero attached hydrogens (tertiary/aromatic N) is 3. The molecule has 0 aromatic carbocycles. The van der Waals surface area contributed by atoms with Gasteiger partial charge in [0.1, 0.15) is 0 Å². The fourth-order valence-electron chi connectivity index (χ4n) is 2.53. The van der Waals surface area contributed by atoms with Gasteiger partial charge in [-0.25, -0.2) is 4.98 Å². The van der Waals surface area contributed by atoms with E-state index >= 15 is 0 Å². The molecule has 1 fully saturated rings. The van der Waals surface area contributed by atoms with Crippen LogP contribution in [0.25, 0.3) is 0 Å². The highest BCUT2D eigenvalue weighted by atomic mass is 16.5. The van der Waals surface area contributed by atoms with Crippen LogP contribution in [0.2, 0.25) is 0 Å². The van der Waals surface area contributed by atoms with Crippen LogP contribution in [0.15, 0.2) is 6.07 Å². The van der Waals surface area contributed by atoms with Crippen molar-refractivity contribution in [1.82, 2.24) is 9.97 Å². The van der Waals surface area contributed by atoms with Crippen LogP contribution in [0, 0.1) is 12.8 Å². The minimum atomic E-state index is 0.457. The minimum absolute atomic E-state index is 0.457. The van der Waals surface area contributed by atoms with Crippen LogP contribution >= 0.6 is 0 Å². The van der Waals surface area contributed by atoms with Crippen LogP contribution in [-0.4, -0.2) is 35.7 Å². The molecule has 0 spiro atoms. The first-order chi connectivity index (χ1) is 9.13. The molecule has 1 aromatic rings. The predicted molar refractivity (Wildman–Crippen MR) is 76.5 cm³/mol. The predicted octanol–water partition coefficient (Wildman–Crippen LogP) is 1.75. The van der Waals surface area contributed by atoms with Gasteiger partial charge in [0.25, 0.3) is 0 Å². The number of aromatic nitrogens is 2. The second kappa shape index (κ2) is 6.19. The Hall–Kier alpha value is -1.36. The van der Waals surface area contributed by atoms with Gasteiger partial charge in [-0.15, -0.1) is 0 Å². The van der Waals surface area contributed by atoms with E-state index in [1.165, 1.54) is 6.42 Å². The lowest BCUT2D eigenvalue weighted by molar-refractivity contribution is 0.323. The number of hydrogen-bond acceptors (Lipinski definition) is 5. The van der Waals surface area contributed by atoms with Crippen molar-refractivity contribution in [3.63, 3.8) is 0 Å². The molecule has 2 unspecified atom stereocenters. The fourth-order valence-corrected chi connectivity index (χ4v) is 2.53. The Labute approximate surface area is 115 Å². The van der Waals surface area contributed by atoms with Crippen molar-refractivity contribution >= 4 is 5.95 Å². The molecule has 2 atom stereocenters. The van der Waals surface area contributed by atoms with Gasteiger partial charge in [0, 0.05) is 24.3 Å². The van der Waals surface area contributed by atoms with Crippen molar-refractivity contribution in [1.29, 1.82) is 0 Å². The van der Waals surface area contributed by atoms with Gasteiger partial charge in [0.15, 0.2) is 0 Å². The van der Waals surface area contributed by atoms with Gasteiger partial charge in [-0.2, -0.15) is 4.98 Å². The fraction of sp³-hybridized carbons (Fsp3) is 0.714. The van der Waals surface area contributed by atoms with Crippen LogP contribution in [0.1, 0.15) is 32.4 Å². The molecule has 1 aromatic heterocycles. The summed E-state index contributed by atoms with van der Waals surface area (Å²) in [7, 11) is 0. The zero-order valence-electron chi connectivity index (χ0n) is 12.1. The third-order valence-electron chi connectivity index (χ3n) is 3.68. The molecule has 1 aliphatic heterocycles. The average Bonchev–Trinajstić information content (AvgIpc) is 2.39. The first kappa shape index (κ1) is 14.1. The highest BCUT2D eigenvalue weighted by molar-refractivity contribution is 5.36. The van der Waals surface area contributed by atoms with Crippen molar-refractivity contribution in [2.45, 2.75) is 39.7 Å². The molecule has 5 nitrogen and oxygen atoms in total. The van der Waals surface area contributed by atoms with E-state index in [9.17, 15) is 0 Å². The highest BCUT2D eigenvalue weighted by Crippen LogP contribution is 2.26. The van der Waals surface area contributed by atoms with Gasteiger partial charge >= 0.3 is 0 Å². The van der Waals surface area contributed by atoms with Gasteiger partial charge in [-0.1, -0.05) is 0 Å².